The fourth-order valence-corrected chi connectivity index (χ4v) is 5.98. The van der Waals surface area contributed by atoms with Crippen molar-refractivity contribution in [1.82, 2.24) is 4.90 Å². The quantitative estimate of drug-likeness (QED) is 0.715. The molecule has 0 radical (unpaired) electrons. The van der Waals surface area contributed by atoms with Gasteiger partial charge in [-0.25, -0.2) is 0 Å². The van der Waals surface area contributed by atoms with Crippen LogP contribution >= 0.6 is 23.2 Å². The Morgan fingerprint density at radius 2 is 1.70 bits per heavy atom. The molecule has 1 saturated heterocycles. The molecule has 0 aromatic heterocycles. The van der Waals surface area contributed by atoms with Crippen molar-refractivity contribution >= 4 is 46.6 Å². The zero-order valence-electron chi connectivity index (χ0n) is 16.1. The predicted octanol–water partition coefficient (Wildman–Crippen LogP) is 4.36. The first-order valence-corrected chi connectivity index (χ1v) is 10.8. The van der Waals surface area contributed by atoms with E-state index in [9.17, 15) is 14.4 Å². The molecule has 2 aromatic rings. The van der Waals surface area contributed by atoms with Gasteiger partial charge in [0.2, 0.25) is 17.7 Å². The van der Waals surface area contributed by atoms with Gasteiger partial charge in [0.05, 0.1) is 21.9 Å². The Bertz CT molecular complexity index is 1040. The minimum atomic E-state index is -0.429. The van der Waals surface area contributed by atoms with Crippen molar-refractivity contribution in [1.29, 1.82) is 0 Å². The van der Waals surface area contributed by atoms with Crippen LogP contribution in [0.5, 0.6) is 0 Å². The molecule has 7 heteroatoms. The van der Waals surface area contributed by atoms with Crippen LogP contribution in [0.2, 0.25) is 10.0 Å². The lowest BCUT2D eigenvalue weighted by Gasteiger charge is -2.28. The lowest BCUT2D eigenvalue weighted by Crippen LogP contribution is -2.39. The van der Waals surface area contributed by atoms with Gasteiger partial charge in [-0.2, -0.15) is 0 Å². The van der Waals surface area contributed by atoms with Crippen molar-refractivity contribution in [3.05, 3.63) is 64.1 Å². The first kappa shape index (κ1) is 19.6. The topological polar surface area (TPSA) is 66.5 Å². The molecular weight excluding hydrogens is 423 g/mol. The Hall–Kier alpha value is -2.37. The van der Waals surface area contributed by atoms with E-state index in [0.717, 1.165) is 17.7 Å². The minimum absolute atomic E-state index is 0.169. The predicted molar refractivity (Wildman–Crippen MR) is 114 cm³/mol. The monoisotopic (exact) mass is 442 g/mol. The van der Waals surface area contributed by atoms with E-state index >= 15 is 0 Å². The number of benzene rings is 2. The Morgan fingerprint density at radius 1 is 0.967 bits per heavy atom. The van der Waals surface area contributed by atoms with E-state index in [1.165, 1.54) is 11.6 Å². The molecule has 5 atom stereocenters. The second-order valence-electron chi connectivity index (χ2n) is 8.40. The van der Waals surface area contributed by atoms with Crippen LogP contribution in [0.4, 0.5) is 5.69 Å². The molecule has 2 bridgehead atoms. The average Bonchev–Trinajstić information content (AvgIpc) is 3.39. The lowest BCUT2D eigenvalue weighted by molar-refractivity contribution is -0.143. The minimum Gasteiger partial charge on any atom is -0.324 e. The maximum atomic E-state index is 13.1. The van der Waals surface area contributed by atoms with Gasteiger partial charge in [-0.05, 0) is 54.4 Å². The Labute approximate surface area is 184 Å². The zero-order chi connectivity index (χ0) is 21.0. The van der Waals surface area contributed by atoms with Crippen LogP contribution in [0.15, 0.2) is 48.5 Å². The molecule has 1 N–H and O–H groups in total. The lowest BCUT2D eigenvalue weighted by atomic mass is 9.73. The molecule has 5 rings (SSSR count). The van der Waals surface area contributed by atoms with Crippen LogP contribution in [0.1, 0.15) is 24.3 Å². The SMILES string of the molecule is O=C(CN1C(=O)[C@@H]2[C@@H]3C[C@@H]([C@@H]2C1=O)[C@@H](c1ccccc1)C3)Nc1ccc(Cl)c(Cl)c1. The number of likely N-dealkylation sites (tertiary alicyclic amines) is 1. The third kappa shape index (κ3) is 3.12. The zero-order valence-corrected chi connectivity index (χ0v) is 17.6. The molecule has 0 unspecified atom stereocenters. The van der Waals surface area contributed by atoms with E-state index in [-0.39, 0.29) is 42.0 Å². The van der Waals surface area contributed by atoms with E-state index in [1.807, 2.05) is 18.2 Å². The van der Waals surface area contributed by atoms with E-state index in [4.69, 9.17) is 23.2 Å². The van der Waals surface area contributed by atoms with Crippen LogP contribution in [0.3, 0.4) is 0 Å². The largest absolute Gasteiger partial charge is 0.324 e. The van der Waals surface area contributed by atoms with Crippen molar-refractivity contribution in [2.24, 2.45) is 23.7 Å². The second-order valence-corrected chi connectivity index (χ2v) is 9.22. The number of imide groups is 1. The number of hydrogen-bond donors (Lipinski definition) is 1. The molecule has 2 aromatic carbocycles. The summed E-state index contributed by atoms with van der Waals surface area (Å²) in [4.78, 5) is 39.8. The van der Waals surface area contributed by atoms with Crippen LogP contribution in [0, 0.1) is 23.7 Å². The van der Waals surface area contributed by atoms with Gasteiger partial charge in [-0.15, -0.1) is 0 Å². The normalized spacial score (nSPS) is 29.4. The van der Waals surface area contributed by atoms with Gasteiger partial charge < -0.3 is 5.32 Å². The van der Waals surface area contributed by atoms with Gasteiger partial charge >= 0.3 is 0 Å². The van der Waals surface area contributed by atoms with E-state index in [2.05, 4.69) is 17.4 Å². The molecule has 3 fully saturated rings. The number of fused-ring (bicyclic) bond motifs is 5. The maximum Gasteiger partial charge on any atom is 0.244 e. The standard InChI is InChI=1S/C23H20Cl2N2O3/c24-17-7-6-14(10-18(17)25)26-19(28)11-27-22(29)20-13-8-15(12-4-2-1-3-5-12)16(9-13)21(20)23(27)30/h1-7,10,13,15-16,20-21H,8-9,11H2,(H,26,28)/t13-,15+,16+,20+,21-/m0/s1. The summed E-state index contributed by atoms with van der Waals surface area (Å²) in [6, 6.07) is 15.0. The Morgan fingerprint density at radius 3 is 2.43 bits per heavy atom. The van der Waals surface area contributed by atoms with Gasteiger partial charge in [-0.1, -0.05) is 53.5 Å². The first-order valence-electron chi connectivity index (χ1n) is 10.1. The van der Waals surface area contributed by atoms with Crippen molar-refractivity contribution in [3.63, 3.8) is 0 Å². The summed E-state index contributed by atoms with van der Waals surface area (Å²) in [5.41, 5.74) is 1.71. The van der Waals surface area contributed by atoms with Crippen LogP contribution in [-0.2, 0) is 14.4 Å². The molecule has 5 nitrogen and oxygen atoms in total. The summed E-state index contributed by atoms with van der Waals surface area (Å²) < 4.78 is 0. The summed E-state index contributed by atoms with van der Waals surface area (Å²) in [6.45, 7) is -0.277. The highest BCUT2D eigenvalue weighted by atomic mass is 35.5. The van der Waals surface area contributed by atoms with Crippen molar-refractivity contribution < 1.29 is 14.4 Å². The Balaban J connectivity index is 1.31. The molecule has 1 aliphatic heterocycles. The van der Waals surface area contributed by atoms with Gasteiger partial charge in [0.15, 0.2) is 0 Å². The van der Waals surface area contributed by atoms with Crippen molar-refractivity contribution in [2.75, 3.05) is 11.9 Å². The van der Waals surface area contributed by atoms with Crippen LogP contribution < -0.4 is 5.32 Å². The molecule has 1 heterocycles. The number of hydrogen-bond acceptors (Lipinski definition) is 3. The van der Waals surface area contributed by atoms with Gasteiger partial charge in [0.1, 0.15) is 6.54 Å². The summed E-state index contributed by atoms with van der Waals surface area (Å²) in [6.07, 6.45) is 1.84. The van der Waals surface area contributed by atoms with Crippen molar-refractivity contribution in [2.45, 2.75) is 18.8 Å². The smallest absolute Gasteiger partial charge is 0.244 e. The molecule has 2 aliphatic carbocycles. The molecule has 154 valence electrons. The molecule has 3 aliphatic rings. The number of halogens is 2. The summed E-state index contributed by atoms with van der Waals surface area (Å²) in [5, 5.41) is 3.39. The third-order valence-corrected chi connectivity index (χ3v) is 7.58. The Kier molecular flexibility index (Phi) is 4.83. The van der Waals surface area contributed by atoms with Gasteiger partial charge in [0.25, 0.3) is 0 Å². The maximum absolute atomic E-state index is 13.1. The highest BCUT2D eigenvalue weighted by molar-refractivity contribution is 6.42. The molecule has 30 heavy (non-hydrogen) atoms. The van der Waals surface area contributed by atoms with Crippen molar-refractivity contribution in [3.8, 4) is 0 Å². The fourth-order valence-electron chi connectivity index (χ4n) is 5.68. The summed E-state index contributed by atoms with van der Waals surface area (Å²) in [5.74, 6) is -0.733. The number of nitrogens with one attached hydrogen (secondary N) is 1. The number of rotatable bonds is 4. The summed E-state index contributed by atoms with van der Waals surface area (Å²) >= 11 is 11.9. The summed E-state index contributed by atoms with van der Waals surface area (Å²) in [7, 11) is 0. The number of carbonyl (C=O) groups is 3. The highest BCUT2D eigenvalue weighted by Gasteiger charge is 2.63. The average molecular weight is 443 g/mol. The van der Waals surface area contributed by atoms with Crippen LogP contribution in [-0.4, -0.2) is 29.2 Å². The number of nitrogens with zero attached hydrogens (tertiary/aromatic N) is 1. The molecule has 3 amide bonds. The first-order chi connectivity index (χ1) is 14.4. The second kappa shape index (κ2) is 7.40. The third-order valence-electron chi connectivity index (χ3n) is 6.84. The van der Waals surface area contributed by atoms with Gasteiger partial charge in [0, 0.05) is 5.69 Å². The molecular formula is C23H20Cl2N2O3. The number of carbonyl (C=O) groups excluding carboxylic acids is 3. The molecule has 0 spiro atoms. The number of amides is 3. The number of anilines is 1. The van der Waals surface area contributed by atoms with Gasteiger partial charge in [-0.3, -0.25) is 19.3 Å². The van der Waals surface area contributed by atoms with Crippen LogP contribution in [0.25, 0.3) is 0 Å². The highest BCUT2D eigenvalue weighted by Crippen LogP contribution is 2.61. The van der Waals surface area contributed by atoms with E-state index in [1.54, 1.807) is 12.1 Å². The van der Waals surface area contributed by atoms with E-state index in [0.29, 0.717) is 21.7 Å². The molecule has 2 saturated carbocycles. The van der Waals surface area contributed by atoms with E-state index < -0.39 is 5.91 Å². The fraction of sp³-hybridized carbons (Fsp3) is 0.348.